The van der Waals surface area contributed by atoms with Crippen molar-refractivity contribution in [3.05, 3.63) is 16.8 Å². The highest BCUT2D eigenvalue weighted by molar-refractivity contribution is 6.29. The molecule has 7 heteroatoms. The summed E-state index contributed by atoms with van der Waals surface area (Å²) in [5.41, 5.74) is 0.0167. The average Bonchev–Trinajstić information content (AvgIpc) is 2.80. The van der Waals surface area contributed by atoms with Gasteiger partial charge in [-0.15, -0.1) is 10.2 Å². The lowest BCUT2D eigenvalue weighted by atomic mass is 10.2. The van der Waals surface area contributed by atoms with Gasteiger partial charge in [0.15, 0.2) is 11.0 Å². The van der Waals surface area contributed by atoms with Gasteiger partial charge in [0.2, 0.25) is 0 Å². The number of halogens is 1. The van der Waals surface area contributed by atoms with E-state index >= 15 is 0 Å². The van der Waals surface area contributed by atoms with Crippen LogP contribution in [0.4, 0.5) is 5.82 Å². The Kier molecular flexibility index (Phi) is 3.75. The van der Waals surface area contributed by atoms with Crippen LogP contribution in [0.25, 0.3) is 0 Å². The summed E-state index contributed by atoms with van der Waals surface area (Å²) >= 11 is 5.60. The van der Waals surface area contributed by atoms with Gasteiger partial charge in [0, 0.05) is 13.2 Å². The second-order valence-corrected chi connectivity index (χ2v) is 4.14. The quantitative estimate of drug-likeness (QED) is 0.849. The molecule has 1 aliphatic rings. The summed E-state index contributed by atoms with van der Waals surface area (Å²) < 4.78 is 5.41. The number of anilines is 1. The van der Waals surface area contributed by atoms with Gasteiger partial charge in [-0.1, -0.05) is 11.6 Å². The largest absolute Gasteiger partial charge is 0.478 e. The van der Waals surface area contributed by atoms with Crippen molar-refractivity contribution in [3.63, 3.8) is 0 Å². The van der Waals surface area contributed by atoms with Crippen molar-refractivity contribution in [3.8, 4) is 0 Å². The molecule has 0 saturated carbocycles. The fraction of sp³-hybridized carbons (Fsp3) is 0.500. The maximum absolute atomic E-state index is 11.0. The molecule has 0 bridgehead atoms. The zero-order valence-corrected chi connectivity index (χ0v) is 9.78. The van der Waals surface area contributed by atoms with Crippen molar-refractivity contribution in [2.45, 2.75) is 18.9 Å². The lowest BCUT2D eigenvalue weighted by Crippen LogP contribution is -2.20. The van der Waals surface area contributed by atoms with E-state index in [0.29, 0.717) is 6.54 Å². The molecular formula is C10H12ClN3O3. The van der Waals surface area contributed by atoms with Crippen molar-refractivity contribution >= 4 is 23.4 Å². The van der Waals surface area contributed by atoms with Gasteiger partial charge < -0.3 is 15.2 Å². The van der Waals surface area contributed by atoms with Crippen LogP contribution in [0.3, 0.4) is 0 Å². The SMILES string of the molecule is O=C(O)c1cc(Cl)nnc1NCC1CCCO1. The standard InChI is InChI=1S/C10H12ClN3O3/c11-8-4-7(10(15)16)9(14-13-8)12-5-6-2-1-3-17-6/h4,6H,1-3,5H2,(H,12,14)(H,15,16). The van der Waals surface area contributed by atoms with Crippen LogP contribution in [-0.4, -0.2) is 40.5 Å². The van der Waals surface area contributed by atoms with Crippen molar-refractivity contribution in [2.24, 2.45) is 0 Å². The minimum atomic E-state index is -1.09. The highest BCUT2D eigenvalue weighted by atomic mass is 35.5. The fourth-order valence-corrected chi connectivity index (χ4v) is 1.82. The van der Waals surface area contributed by atoms with Crippen LogP contribution < -0.4 is 5.32 Å². The van der Waals surface area contributed by atoms with E-state index in [2.05, 4.69) is 15.5 Å². The summed E-state index contributed by atoms with van der Waals surface area (Å²) in [5.74, 6) is -0.867. The number of aromatic carboxylic acids is 1. The molecule has 6 nitrogen and oxygen atoms in total. The number of carboxylic acid groups (broad SMARTS) is 1. The molecule has 0 radical (unpaired) electrons. The maximum atomic E-state index is 11.0. The molecule has 0 aliphatic carbocycles. The third-order valence-electron chi connectivity index (χ3n) is 2.52. The minimum absolute atomic E-state index is 0.0167. The van der Waals surface area contributed by atoms with E-state index in [1.165, 1.54) is 6.07 Å². The predicted octanol–water partition coefficient (Wildman–Crippen LogP) is 1.42. The predicted molar refractivity (Wildman–Crippen MR) is 61.5 cm³/mol. The van der Waals surface area contributed by atoms with Crippen LogP contribution in [0.2, 0.25) is 5.15 Å². The van der Waals surface area contributed by atoms with Crippen LogP contribution in [-0.2, 0) is 4.74 Å². The number of hydrogen-bond donors (Lipinski definition) is 2. The van der Waals surface area contributed by atoms with E-state index in [-0.39, 0.29) is 22.6 Å². The first kappa shape index (κ1) is 12.1. The molecule has 1 aromatic rings. The Labute approximate surface area is 103 Å². The Balaban J connectivity index is 2.06. The Morgan fingerprint density at radius 2 is 2.47 bits per heavy atom. The van der Waals surface area contributed by atoms with Gasteiger partial charge in [-0.25, -0.2) is 4.79 Å². The number of nitrogens with zero attached hydrogens (tertiary/aromatic N) is 2. The Hall–Kier alpha value is -1.40. The molecule has 2 N–H and O–H groups in total. The number of nitrogens with one attached hydrogen (secondary N) is 1. The molecule has 1 atom stereocenters. The number of rotatable bonds is 4. The highest BCUT2D eigenvalue weighted by Crippen LogP contribution is 2.17. The van der Waals surface area contributed by atoms with E-state index in [4.69, 9.17) is 21.4 Å². The van der Waals surface area contributed by atoms with E-state index in [1.54, 1.807) is 0 Å². The molecule has 92 valence electrons. The zero-order valence-electron chi connectivity index (χ0n) is 9.02. The average molecular weight is 258 g/mol. The Morgan fingerprint density at radius 1 is 1.65 bits per heavy atom. The Bertz CT molecular complexity index is 421. The molecule has 1 unspecified atom stereocenters. The molecule has 1 saturated heterocycles. The van der Waals surface area contributed by atoms with Gasteiger partial charge in [0.05, 0.1) is 6.10 Å². The van der Waals surface area contributed by atoms with Gasteiger partial charge in [-0.2, -0.15) is 0 Å². The summed E-state index contributed by atoms with van der Waals surface area (Å²) in [6, 6.07) is 1.27. The van der Waals surface area contributed by atoms with Crippen molar-refractivity contribution in [1.82, 2.24) is 10.2 Å². The van der Waals surface area contributed by atoms with E-state index in [1.807, 2.05) is 0 Å². The fourth-order valence-electron chi connectivity index (χ4n) is 1.68. The van der Waals surface area contributed by atoms with Crippen LogP contribution >= 0.6 is 11.6 Å². The normalized spacial score (nSPS) is 19.2. The first-order chi connectivity index (χ1) is 8.16. The summed E-state index contributed by atoms with van der Waals surface area (Å²) in [7, 11) is 0. The molecule has 1 fully saturated rings. The maximum Gasteiger partial charge on any atom is 0.339 e. The van der Waals surface area contributed by atoms with Crippen LogP contribution in [0.15, 0.2) is 6.07 Å². The summed E-state index contributed by atoms with van der Waals surface area (Å²) in [5, 5.41) is 19.3. The topological polar surface area (TPSA) is 84.3 Å². The second kappa shape index (κ2) is 5.29. The molecular weight excluding hydrogens is 246 g/mol. The number of ether oxygens (including phenoxy) is 1. The van der Waals surface area contributed by atoms with Crippen molar-refractivity contribution < 1.29 is 14.6 Å². The summed E-state index contributed by atoms with van der Waals surface area (Å²) in [6.07, 6.45) is 2.11. The van der Waals surface area contributed by atoms with Crippen LogP contribution in [0.1, 0.15) is 23.2 Å². The van der Waals surface area contributed by atoms with Crippen LogP contribution in [0.5, 0.6) is 0 Å². The summed E-state index contributed by atoms with van der Waals surface area (Å²) in [4.78, 5) is 11.0. The van der Waals surface area contributed by atoms with Gasteiger partial charge in [-0.05, 0) is 18.9 Å². The zero-order chi connectivity index (χ0) is 12.3. The minimum Gasteiger partial charge on any atom is -0.478 e. The first-order valence-corrected chi connectivity index (χ1v) is 5.66. The lowest BCUT2D eigenvalue weighted by molar-refractivity contribution is 0.0697. The van der Waals surface area contributed by atoms with Crippen LogP contribution in [0, 0.1) is 0 Å². The van der Waals surface area contributed by atoms with Crippen molar-refractivity contribution in [2.75, 3.05) is 18.5 Å². The smallest absolute Gasteiger partial charge is 0.339 e. The van der Waals surface area contributed by atoms with E-state index < -0.39 is 5.97 Å². The van der Waals surface area contributed by atoms with E-state index in [0.717, 1.165) is 19.4 Å². The molecule has 17 heavy (non-hydrogen) atoms. The Morgan fingerprint density at radius 3 is 3.12 bits per heavy atom. The molecule has 2 rings (SSSR count). The number of hydrogen-bond acceptors (Lipinski definition) is 5. The molecule has 0 amide bonds. The highest BCUT2D eigenvalue weighted by Gasteiger charge is 2.18. The first-order valence-electron chi connectivity index (χ1n) is 5.29. The van der Waals surface area contributed by atoms with Gasteiger partial charge >= 0.3 is 5.97 Å². The third kappa shape index (κ3) is 3.04. The molecule has 1 aliphatic heterocycles. The molecule has 0 spiro atoms. The number of carbonyl (C=O) groups is 1. The van der Waals surface area contributed by atoms with Gasteiger partial charge in [0.1, 0.15) is 5.56 Å². The number of carboxylic acids is 1. The van der Waals surface area contributed by atoms with Gasteiger partial charge in [-0.3, -0.25) is 0 Å². The molecule has 2 heterocycles. The van der Waals surface area contributed by atoms with Gasteiger partial charge in [0.25, 0.3) is 0 Å². The van der Waals surface area contributed by atoms with E-state index in [9.17, 15) is 4.79 Å². The third-order valence-corrected chi connectivity index (χ3v) is 2.70. The molecule has 1 aromatic heterocycles. The monoisotopic (exact) mass is 257 g/mol. The summed E-state index contributed by atoms with van der Waals surface area (Å²) in [6.45, 7) is 1.28. The van der Waals surface area contributed by atoms with Crippen molar-refractivity contribution in [1.29, 1.82) is 0 Å². The molecule has 0 aromatic carbocycles. The number of aromatic nitrogens is 2. The lowest BCUT2D eigenvalue weighted by Gasteiger charge is -2.12. The second-order valence-electron chi connectivity index (χ2n) is 3.75.